The molecule has 1 fully saturated rings. The van der Waals surface area contributed by atoms with Gasteiger partial charge < -0.3 is 4.90 Å². The average Bonchev–Trinajstić information content (AvgIpc) is 2.83. The number of hydrogen-bond acceptors (Lipinski definition) is 1. The Balaban J connectivity index is 1.71. The molecule has 1 heterocycles. The molecule has 1 aliphatic carbocycles. The molecule has 0 saturated carbocycles. The molecule has 1 heteroatoms. The van der Waals surface area contributed by atoms with Crippen LogP contribution in [0.3, 0.4) is 0 Å². The maximum absolute atomic E-state index is 2.59. The minimum atomic E-state index is 0.866. The predicted octanol–water partition coefficient (Wildman–Crippen LogP) is 3.45. The van der Waals surface area contributed by atoms with E-state index in [0.29, 0.717) is 0 Å². The van der Waals surface area contributed by atoms with E-state index < -0.39 is 0 Å². The zero-order valence-electron chi connectivity index (χ0n) is 10.9. The van der Waals surface area contributed by atoms with Crippen LogP contribution >= 0.6 is 0 Å². The summed E-state index contributed by atoms with van der Waals surface area (Å²) in [6, 6.07) is 9.12. The molecule has 0 N–H and O–H groups in total. The fourth-order valence-electron chi connectivity index (χ4n) is 3.75. The van der Waals surface area contributed by atoms with Gasteiger partial charge in [0, 0.05) is 0 Å². The van der Waals surface area contributed by atoms with Crippen molar-refractivity contribution in [2.24, 2.45) is 5.92 Å². The molecule has 1 aromatic carbocycles. The van der Waals surface area contributed by atoms with E-state index in [0.717, 1.165) is 11.8 Å². The van der Waals surface area contributed by atoms with Crippen LogP contribution in [0, 0.1) is 5.92 Å². The van der Waals surface area contributed by atoms with Crippen molar-refractivity contribution in [3.05, 3.63) is 35.4 Å². The largest absolute Gasteiger partial charge is 0.304 e. The van der Waals surface area contributed by atoms with E-state index in [1.807, 2.05) is 0 Å². The van der Waals surface area contributed by atoms with Gasteiger partial charge in [-0.25, -0.2) is 0 Å². The first-order valence-corrected chi connectivity index (χ1v) is 7.18. The van der Waals surface area contributed by atoms with Gasteiger partial charge in [0.1, 0.15) is 0 Å². The van der Waals surface area contributed by atoms with Crippen molar-refractivity contribution in [2.45, 2.75) is 38.5 Å². The van der Waals surface area contributed by atoms with E-state index in [9.17, 15) is 0 Å². The van der Waals surface area contributed by atoms with Gasteiger partial charge in [0.2, 0.25) is 0 Å². The second-order valence-electron chi connectivity index (χ2n) is 5.62. The molecule has 1 nitrogen and oxygen atoms in total. The van der Waals surface area contributed by atoms with E-state index in [2.05, 4.69) is 36.1 Å². The van der Waals surface area contributed by atoms with Crippen LogP contribution in [0.4, 0.5) is 0 Å². The number of fused-ring (bicyclic) bond motifs is 1. The Morgan fingerprint density at radius 2 is 1.88 bits per heavy atom. The molecule has 1 unspecified atom stereocenters. The number of benzene rings is 1. The molecule has 0 spiro atoms. The molecule has 0 bridgehead atoms. The molecule has 1 aliphatic heterocycles. The fraction of sp³-hybridized carbons (Fsp3) is 0.625. The van der Waals surface area contributed by atoms with Crippen molar-refractivity contribution in [3.8, 4) is 0 Å². The molecule has 92 valence electrons. The van der Waals surface area contributed by atoms with Crippen LogP contribution in [0.5, 0.6) is 0 Å². The number of aryl methyl sites for hydroxylation is 1. The second-order valence-corrected chi connectivity index (χ2v) is 5.62. The Morgan fingerprint density at radius 1 is 1.12 bits per heavy atom. The van der Waals surface area contributed by atoms with Gasteiger partial charge in [-0.15, -0.1) is 0 Å². The number of piperidine rings is 1. The average molecular weight is 229 g/mol. The lowest BCUT2D eigenvalue weighted by Crippen LogP contribution is -2.35. The van der Waals surface area contributed by atoms with Crippen molar-refractivity contribution >= 4 is 0 Å². The smallest absolute Gasteiger partial charge is 0.00160 e. The van der Waals surface area contributed by atoms with Crippen LogP contribution in [0.1, 0.15) is 43.2 Å². The van der Waals surface area contributed by atoms with E-state index >= 15 is 0 Å². The van der Waals surface area contributed by atoms with Gasteiger partial charge in [0.15, 0.2) is 0 Å². The molecule has 1 saturated heterocycles. The minimum Gasteiger partial charge on any atom is -0.304 e. The van der Waals surface area contributed by atoms with Gasteiger partial charge >= 0.3 is 0 Å². The zero-order chi connectivity index (χ0) is 11.7. The molecular weight excluding hydrogens is 206 g/mol. The zero-order valence-corrected chi connectivity index (χ0v) is 10.9. The summed E-state index contributed by atoms with van der Waals surface area (Å²) in [5.74, 6) is 1.81. The third kappa shape index (κ3) is 2.13. The van der Waals surface area contributed by atoms with Gasteiger partial charge in [-0.05, 0) is 68.3 Å². The van der Waals surface area contributed by atoms with Crippen LogP contribution in [0.2, 0.25) is 0 Å². The third-order valence-electron chi connectivity index (χ3n) is 4.83. The topological polar surface area (TPSA) is 3.24 Å². The van der Waals surface area contributed by atoms with Gasteiger partial charge in [0.25, 0.3) is 0 Å². The molecule has 1 atom stereocenters. The highest BCUT2D eigenvalue weighted by Crippen LogP contribution is 2.42. The number of hydrogen-bond donors (Lipinski definition) is 0. The standard InChI is InChI=1S/C16H23N/c1-2-17-11-9-14(10-12-17)16-8-7-13-5-3-4-6-15(13)16/h3-6,14,16H,2,7-12H2,1H3. The van der Waals surface area contributed by atoms with E-state index in [1.54, 1.807) is 11.1 Å². The summed E-state index contributed by atoms with van der Waals surface area (Å²) in [5, 5.41) is 0. The Hall–Kier alpha value is -0.820. The normalized spacial score (nSPS) is 26.1. The first-order chi connectivity index (χ1) is 8.38. The van der Waals surface area contributed by atoms with Crippen molar-refractivity contribution in [1.82, 2.24) is 4.90 Å². The maximum Gasteiger partial charge on any atom is -0.00160 e. The Kier molecular flexibility index (Phi) is 3.19. The summed E-state index contributed by atoms with van der Waals surface area (Å²) in [6.45, 7) is 6.15. The van der Waals surface area contributed by atoms with Gasteiger partial charge in [-0.2, -0.15) is 0 Å². The summed E-state index contributed by atoms with van der Waals surface area (Å²) in [5.41, 5.74) is 3.29. The lowest BCUT2D eigenvalue weighted by Gasteiger charge is -2.34. The highest BCUT2D eigenvalue weighted by molar-refractivity contribution is 5.35. The van der Waals surface area contributed by atoms with Crippen molar-refractivity contribution < 1.29 is 0 Å². The first kappa shape index (κ1) is 11.3. The Bertz CT molecular complexity index is 377. The van der Waals surface area contributed by atoms with Crippen LogP contribution in [0.25, 0.3) is 0 Å². The Morgan fingerprint density at radius 3 is 2.65 bits per heavy atom. The summed E-state index contributed by atoms with van der Waals surface area (Å²) < 4.78 is 0. The third-order valence-corrected chi connectivity index (χ3v) is 4.83. The quantitative estimate of drug-likeness (QED) is 0.751. The number of rotatable bonds is 2. The monoisotopic (exact) mass is 229 g/mol. The molecule has 1 aromatic rings. The molecular formula is C16H23N. The second kappa shape index (κ2) is 4.81. The van der Waals surface area contributed by atoms with E-state index in [4.69, 9.17) is 0 Å². The van der Waals surface area contributed by atoms with Gasteiger partial charge in [-0.1, -0.05) is 31.2 Å². The van der Waals surface area contributed by atoms with Crippen LogP contribution in [0.15, 0.2) is 24.3 Å². The van der Waals surface area contributed by atoms with Crippen molar-refractivity contribution in [2.75, 3.05) is 19.6 Å². The van der Waals surface area contributed by atoms with Crippen LogP contribution < -0.4 is 0 Å². The molecule has 2 aliphatic rings. The van der Waals surface area contributed by atoms with Crippen molar-refractivity contribution in [1.29, 1.82) is 0 Å². The molecule has 0 aromatic heterocycles. The van der Waals surface area contributed by atoms with E-state index in [1.165, 1.54) is 45.3 Å². The Labute approximate surface area is 105 Å². The minimum absolute atomic E-state index is 0.866. The lowest BCUT2D eigenvalue weighted by atomic mass is 9.81. The SMILES string of the molecule is CCN1CCC(C2CCc3ccccc32)CC1. The summed E-state index contributed by atoms with van der Waals surface area (Å²) in [7, 11) is 0. The number of nitrogens with zero attached hydrogens (tertiary/aromatic N) is 1. The molecule has 17 heavy (non-hydrogen) atoms. The van der Waals surface area contributed by atoms with Gasteiger partial charge in [0.05, 0.1) is 0 Å². The molecule has 0 amide bonds. The highest BCUT2D eigenvalue weighted by atomic mass is 15.1. The summed E-state index contributed by atoms with van der Waals surface area (Å²) in [4.78, 5) is 2.59. The predicted molar refractivity (Wildman–Crippen MR) is 72.3 cm³/mol. The summed E-state index contributed by atoms with van der Waals surface area (Å²) in [6.07, 6.45) is 5.53. The lowest BCUT2D eigenvalue weighted by molar-refractivity contribution is 0.174. The van der Waals surface area contributed by atoms with Crippen LogP contribution in [-0.2, 0) is 6.42 Å². The molecule has 0 radical (unpaired) electrons. The van der Waals surface area contributed by atoms with Crippen LogP contribution in [-0.4, -0.2) is 24.5 Å². The maximum atomic E-state index is 2.59. The number of likely N-dealkylation sites (tertiary alicyclic amines) is 1. The highest BCUT2D eigenvalue weighted by Gasteiger charge is 2.31. The molecule has 3 rings (SSSR count). The van der Waals surface area contributed by atoms with E-state index in [-0.39, 0.29) is 0 Å². The fourth-order valence-corrected chi connectivity index (χ4v) is 3.75. The first-order valence-electron chi connectivity index (χ1n) is 7.18. The summed E-state index contributed by atoms with van der Waals surface area (Å²) >= 11 is 0. The van der Waals surface area contributed by atoms with Crippen molar-refractivity contribution in [3.63, 3.8) is 0 Å². The van der Waals surface area contributed by atoms with Gasteiger partial charge in [-0.3, -0.25) is 0 Å².